The molecule has 3 aromatic rings. The Labute approximate surface area is 178 Å². The first-order valence-corrected chi connectivity index (χ1v) is 10.5. The number of nitrogens with one attached hydrogen (secondary N) is 2. The Kier molecular flexibility index (Phi) is 6.21. The molecular weight excluding hydrogens is 422 g/mol. The second-order valence-electron chi connectivity index (χ2n) is 6.60. The molecule has 0 saturated heterocycles. The molecule has 0 radical (unpaired) electrons. The normalized spacial score (nSPS) is 10.9. The standard InChI is InChI=1S/C21H19N3O6S/c1-14-6-8-16(9-7-14)23-31(28,29)18-5-3-4-15(12-18)21(25)22-19-13-17(24(26)27)10-11-20(19)30-2/h3-13,23H,1-2H3,(H,22,25). The monoisotopic (exact) mass is 441 g/mol. The molecule has 3 rings (SSSR count). The summed E-state index contributed by atoms with van der Waals surface area (Å²) in [6.07, 6.45) is 0. The summed E-state index contributed by atoms with van der Waals surface area (Å²) < 4.78 is 33.0. The lowest BCUT2D eigenvalue weighted by molar-refractivity contribution is -0.384. The van der Waals surface area contributed by atoms with Gasteiger partial charge in [-0.3, -0.25) is 19.6 Å². The van der Waals surface area contributed by atoms with Crippen LogP contribution in [0.5, 0.6) is 5.75 Å². The van der Waals surface area contributed by atoms with Crippen LogP contribution in [0.15, 0.2) is 71.6 Å². The fourth-order valence-corrected chi connectivity index (χ4v) is 3.85. The van der Waals surface area contributed by atoms with Gasteiger partial charge in [0.15, 0.2) is 0 Å². The zero-order valence-corrected chi connectivity index (χ0v) is 17.5. The first-order chi connectivity index (χ1) is 14.7. The van der Waals surface area contributed by atoms with Gasteiger partial charge in [0.25, 0.3) is 21.6 Å². The predicted octanol–water partition coefficient (Wildman–Crippen LogP) is 3.96. The average molecular weight is 441 g/mol. The van der Waals surface area contributed by atoms with E-state index in [-0.39, 0.29) is 27.6 Å². The maximum Gasteiger partial charge on any atom is 0.271 e. The number of amides is 1. The molecule has 0 saturated carbocycles. The quantitative estimate of drug-likeness (QED) is 0.422. The van der Waals surface area contributed by atoms with Gasteiger partial charge >= 0.3 is 0 Å². The van der Waals surface area contributed by atoms with Crippen molar-refractivity contribution in [2.45, 2.75) is 11.8 Å². The lowest BCUT2D eigenvalue weighted by atomic mass is 10.2. The van der Waals surface area contributed by atoms with Crippen molar-refractivity contribution >= 4 is 33.0 Å². The van der Waals surface area contributed by atoms with Crippen LogP contribution in [0, 0.1) is 17.0 Å². The minimum Gasteiger partial charge on any atom is -0.495 e. The predicted molar refractivity (Wildman–Crippen MR) is 116 cm³/mol. The molecule has 0 aromatic heterocycles. The molecule has 2 N–H and O–H groups in total. The zero-order chi connectivity index (χ0) is 22.6. The van der Waals surface area contributed by atoms with E-state index < -0.39 is 20.9 Å². The van der Waals surface area contributed by atoms with Crippen molar-refractivity contribution in [3.8, 4) is 5.75 Å². The number of carbonyl (C=O) groups excluding carboxylic acids is 1. The van der Waals surface area contributed by atoms with Crippen LogP contribution in [-0.2, 0) is 10.0 Å². The lowest BCUT2D eigenvalue weighted by Gasteiger charge is -2.12. The molecule has 0 aliphatic carbocycles. The number of nitro benzene ring substituents is 1. The highest BCUT2D eigenvalue weighted by atomic mass is 32.2. The molecular formula is C21H19N3O6S. The van der Waals surface area contributed by atoms with Gasteiger partial charge in [-0.05, 0) is 43.3 Å². The van der Waals surface area contributed by atoms with Crippen molar-refractivity contribution < 1.29 is 22.9 Å². The third kappa shape index (κ3) is 5.17. The van der Waals surface area contributed by atoms with Crippen molar-refractivity contribution in [1.82, 2.24) is 0 Å². The number of methoxy groups -OCH3 is 1. The minimum absolute atomic E-state index is 0.0559. The van der Waals surface area contributed by atoms with Crippen molar-refractivity contribution in [3.63, 3.8) is 0 Å². The number of rotatable bonds is 7. The molecule has 0 unspecified atom stereocenters. The Balaban J connectivity index is 1.86. The largest absolute Gasteiger partial charge is 0.495 e. The SMILES string of the molecule is COc1ccc([N+](=O)[O-])cc1NC(=O)c1cccc(S(=O)(=O)Nc2ccc(C)cc2)c1. The summed E-state index contributed by atoms with van der Waals surface area (Å²) in [5, 5.41) is 13.5. The van der Waals surface area contributed by atoms with Gasteiger partial charge in [-0.2, -0.15) is 0 Å². The van der Waals surface area contributed by atoms with Gasteiger partial charge in [-0.25, -0.2) is 8.42 Å². The van der Waals surface area contributed by atoms with Crippen molar-refractivity contribution in [2.75, 3.05) is 17.1 Å². The van der Waals surface area contributed by atoms with Crippen LogP contribution in [0.25, 0.3) is 0 Å². The van der Waals surface area contributed by atoms with Crippen LogP contribution in [0.1, 0.15) is 15.9 Å². The molecule has 1 amide bonds. The average Bonchev–Trinajstić information content (AvgIpc) is 2.75. The van der Waals surface area contributed by atoms with Crippen LogP contribution in [0.3, 0.4) is 0 Å². The Morgan fingerprint density at radius 3 is 2.39 bits per heavy atom. The molecule has 31 heavy (non-hydrogen) atoms. The van der Waals surface area contributed by atoms with Gasteiger partial charge in [0, 0.05) is 23.4 Å². The number of ether oxygens (including phenoxy) is 1. The van der Waals surface area contributed by atoms with Gasteiger partial charge in [-0.1, -0.05) is 23.8 Å². The van der Waals surface area contributed by atoms with Crippen molar-refractivity contribution in [2.24, 2.45) is 0 Å². The van der Waals surface area contributed by atoms with Crippen molar-refractivity contribution in [1.29, 1.82) is 0 Å². The maximum atomic E-state index is 12.7. The molecule has 0 spiro atoms. The lowest BCUT2D eigenvalue weighted by Crippen LogP contribution is -2.16. The molecule has 0 fully saturated rings. The number of carbonyl (C=O) groups is 1. The first kappa shape index (κ1) is 21.8. The van der Waals surface area contributed by atoms with Crippen LogP contribution in [0.2, 0.25) is 0 Å². The van der Waals surface area contributed by atoms with E-state index >= 15 is 0 Å². The number of anilines is 2. The Morgan fingerprint density at radius 2 is 1.74 bits per heavy atom. The van der Waals surface area contributed by atoms with Gasteiger partial charge in [0.2, 0.25) is 0 Å². The van der Waals surface area contributed by atoms with E-state index in [4.69, 9.17) is 4.74 Å². The van der Waals surface area contributed by atoms with Gasteiger partial charge in [-0.15, -0.1) is 0 Å². The van der Waals surface area contributed by atoms with E-state index in [0.717, 1.165) is 11.6 Å². The number of aryl methyl sites for hydroxylation is 1. The topological polar surface area (TPSA) is 128 Å². The third-order valence-electron chi connectivity index (χ3n) is 4.35. The first-order valence-electron chi connectivity index (χ1n) is 9.03. The zero-order valence-electron chi connectivity index (χ0n) is 16.7. The molecule has 0 aliphatic heterocycles. The van der Waals surface area contributed by atoms with Crippen LogP contribution in [0.4, 0.5) is 17.1 Å². The van der Waals surface area contributed by atoms with E-state index in [0.29, 0.717) is 5.69 Å². The van der Waals surface area contributed by atoms with Gasteiger partial charge in [0.1, 0.15) is 5.75 Å². The fraction of sp³-hybridized carbons (Fsp3) is 0.0952. The van der Waals surface area contributed by atoms with E-state index in [2.05, 4.69) is 10.0 Å². The van der Waals surface area contributed by atoms with E-state index in [1.807, 2.05) is 6.92 Å². The molecule has 160 valence electrons. The second kappa shape index (κ2) is 8.84. The summed E-state index contributed by atoms with van der Waals surface area (Å²) in [5.41, 5.74) is 1.29. The molecule has 3 aromatic carbocycles. The van der Waals surface area contributed by atoms with E-state index in [1.54, 1.807) is 24.3 Å². The summed E-state index contributed by atoms with van der Waals surface area (Å²) in [6.45, 7) is 1.89. The van der Waals surface area contributed by atoms with E-state index in [9.17, 15) is 23.3 Å². The number of nitrogens with zero attached hydrogens (tertiary/aromatic N) is 1. The molecule has 0 heterocycles. The third-order valence-corrected chi connectivity index (χ3v) is 5.73. The minimum atomic E-state index is -3.93. The van der Waals surface area contributed by atoms with Crippen LogP contribution >= 0.6 is 0 Å². The number of nitro groups is 1. The summed E-state index contributed by atoms with van der Waals surface area (Å²) in [6, 6.07) is 16.0. The van der Waals surface area contributed by atoms with Crippen molar-refractivity contribution in [3.05, 3.63) is 88.0 Å². The smallest absolute Gasteiger partial charge is 0.271 e. The number of non-ortho nitro benzene ring substituents is 1. The molecule has 0 atom stereocenters. The highest BCUT2D eigenvalue weighted by molar-refractivity contribution is 7.92. The highest BCUT2D eigenvalue weighted by Gasteiger charge is 2.18. The maximum absolute atomic E-state index is 12.7. The summed E-state index contributed by atoms with van der Waals surface area (Å²) >= 11 is 0. The Hall–Kier alpha value is -3.92. The number of sulfonamides is 1. The van der Waals surface area contributed by atoms with Gasteiger partial charge in [0.05, 0.1) is 22.6 Å². The van der Waals surface area contributed by atoms with E-state index in [1.165, 1.54) is 43.5 Å². The van der Waals surface area contributed by atoms with Gasteiger partial charge < -0.3 is 10.1 Å². The summed E-state index contributed by atoms with van der Waals surface area (Å²) in [4.78, 5) is 23.0. The molecule has 0 bridgehead atoms. The van der Waals surface area contributed by atoms with Crippen LogP contribution < -0.4 is 14.8 Å². The molecule has 0 aliphatic rings. The second-order valence-corrected chi connectivity index (χ2v) is 8.28. The Bertz CT molecular complexity index is 1240. The van der Waals surface area contributed by atoms with Crippen LogP contribution in [-0.4, -0.2) is 26.4 Å². The fourth-order valence-electron chi connectivity index (χ4n) is 2.74. The highest BCUT2D eigenvalue weighted by Crippen LogP contribution is 2.29. The number of benzene rings is 3. The number of hydrogen-bond acceptors (Lipinski definition) is 6. The molecule has 9 nitrogen and oxygen atoms in total. The number of hydrogen-bond donors (Lipinski definition) is 2. The molecule has 10 heteroatoms. The summed E-state index contributed by atoms with van der Waals surface area (Å²) in [5.74, 6) is -0.421. The Morgan fingerprint density at radius 1 is 1.03 bits per heavy atom. The summed E-state index contributed by atoms with van der Waals surface area (Å²) in [7, 11) is -2.57.